The van der Waals surface area contributed by atoms with Crippen molar-refractivity contribution in [1.29, 1.82) is 0 Å². The van der Waals surface area contributed by atoms with Gasteiger partial charge in [0.15, 0.2) is 0 Å². The van der Waals surface area contributed by atoms with Gasteiger partial charge in [0.05, 0.1) is 6.42 Å². The van der Waals surface area contributed by atoms with Gasteiger partial charge in [-0.05, 0) is 24.3 Å². The largest absolute Gasteiger partial charge is 0.481 e. The predicted octanol–water partition coefficient (Wildman–Crippen LogP) is 0.633. The van der Waals surface area contributed by atoms with Crippen LogP contribution in [0.4, 0.5) is 14.9 Å². The maximum Gasteiger partial charge on any atom is 0.322 e. The topological polar surface area (TPSA) is 98.7 Å². The van der Waals surface area contributed by atoms with Crippen molar-refractivity contribution in [1.82, 2.24) is 10.2 Å². The van der Waals surface area contributed by atoms with Gasteiger partial charge in [0.1, 0.15) is 11.9 Å². The van der Waals surface area contributed by atoms with E-state index >= 15 is 0 Å². The van der Waals surface area contributed by atoms with E-state index in [4.69, 9.17) is 5.11 Å². The van der Waals surface area contributed by atoms with Crippen molar-refractivity contribution < 1.29 is 23.9 Å². The van der Waals surface area contributed by atoms with Crippen LogP contribution in [0.15, 0.2) is 24.3 Å². The molecule has 0 saturated carbocycles. The molecule has 0 spiro atoms. The molecule has 0 aromatic heterocycles. The van der Waals surface area contributed by atoms with Crippen molar-refractivity contribution >= 4 is 23.6 Å². The zero-order valence-electron chi connectivity index (χ0n) is 11.0. The first kappa shape index (κ1) is 14.8. The van der Waals surface area contributed by atoms with Crippen LogP contribution < -0.4 is 10.6 Å². The van der Waals surface area contributed by atoms with E-state index in [2.05, 4.69) is 10.6 Å². The van der Waals surface area contributed by atoms with E-state index in [9.17, 15) is 18.8 Å². The number of carboxylic acid groups (broad SMARTS) is 1. The molecule has 8 heteroatoms. The Morgan fingerprint density at radius 2 is 2.05 bits per heavy atom. The Morgan fingerprint density at radius 3 is 2.67 bits per heavy atom. The van der Waals surface area contributed by atoms with Gasteiger partial charge in [0, 0.05) is 18.8 Å². The smallest absolute Gasteiger partial charge is 0.322 e. The highest BCUT2D eigenvalue weighted by Gasteiger charge is 2.34. The Balaban J connectivity index is 2.09. The third-order valence-electron chi connectivity index (χ3n) is 3.06. The van der Waals surface area contributed by atoms with Gasteiger partial charge in [-0.25, -0.2) is 9.18 Å². The van der Waals surface area contributed by atoms with Gasteiger partial charge >= 0.3 is 12.0 Å². The van der Waals surface area contributed by atoms with Crippen molar-refractivity contribution in [2.24, 2.45) is 0 Å². The Bertz CT molecular complexity index is 561. The fourth-order valence-corrected chi connectivity index (χ4v) is 2.05. The van der Waals surface area contributed by atoms with Crippen molar-refractivity contribution in [2.75, 3.05) is 18.4 Å². The summed E-state index contributed by atoms with van der Waals surface area (Å²) in [4.78, 5) is 35.8. The number of carbonyl (C=O) groups is 3. The van der Waals surface area contributed by atoms with E-state index in [-0.39, 0.29) is 13.1 Å². The maximum atomic E-state index is 12.8. The van der Waals surface area contributed by atoms with E-state index in [0.29, 0.717) is 5.69 Å². The Morgan fingerprint density at radius 1 is 1.38 bits per heavy atom. The molecule has 1 aromatic rings. The van der Waals surface area contributed by atoms with Gasteiger partial charge in [-0.3, -0.25) is 9.59 Å². The van der Waals surface area contributed by atoms with Gasteiger partial charge in [-0.15, -0.1) is 0 Å². The summed E-state index contributed by atoms with van der Waals surface area (Å²) in [5.74, 6) is -2.11. The highest BCUT2D eigenvalue weighted by Crippen LogP contribution is 2.13. The monoisotopic (exact) mass is 295 g/mol. The average Bonchev–Trinajstić information content (AvgIpc) is 2.43. The number of nitrogens with one attached hydrogen (secondary N) is 2. The summed E-state index contributed by atoms with van der Waals surface area (Å²) in [5, 5.41) is 13.9. The molecule has 1 aliphatic heterocycles. The quantitative estimate of drug-likeness (QED) is 0.761. The number of piperazine rings is 1. The molecule has 1 saturated heterocycles. The molecule has 0 aliphatic carbocycles. The normalized spacial score (nSPS) is 18.0. The SMILES string of the molecule is O=C(O)CC1C(=O)NCCN1C(=O)Nc1ccc(F)cc1. The molecule has 0 bridgehead atoms. The molecule has 1 unspecified atom stereocenters. The molecule has 112 valence electrons. The second kappa shape index (κ2) is 6.21. The summed E-state index contributed by atoms with van der Waals surface area (Å²) in [5.41, 5.74) is 0.362. The summed E-state index contributed by atoms with van der Waals surface area (Å²) in [6, 6.07) is 3.48. The van der Waals surface area contributed by atoms with Crippen LogP contribution in [0.1, 0.15) is 6.42 Å². The van der Waals surface area contributed by atoms with Crippen LogP contribution in [-0.2, 0) is 9.59 Å². The molecule has 1 fully saturated rings. The standard InChI is InChI=1S/C13H14FN3O4/c14-8-1-3-9(4-2-8)16-13(21)17-6-5-15-12(20)10(17)7-11(18)19/h1-4,10H,5-7H2,(H,15,20)(H,16,21)(H,18,19). The third kappa shape index (κ3) is 3.68. The van der Waals surface area contributed by atoms with E-state index in [0.717, 1.165) is 4.90 Å². The molecule has 0 radical (unpaired) electrons. The minimum Gasteiger partial charge on any atom is -0.481 e. The van der Waals surface area contributed by atoms with Crippen LogP contribution in [0.25, 0.3) is 0 Å². The number of anilines is 1. The van der Waals surface area contributed by atoms with Crippen molar-refractivity contribution in [3.8, 4) is 0 Å². The first-order valence-electron chi connectivity index (χ1n) is 6.30. The number of hydrogen-bond donors (Lipinski definition) is 3. The van der Waals surface area contributed by atoms with Crippen LogP contribution in [0.5, 0.6) is 0 Å². The number of carbonyl (C=O) groups excluding carboxylic acids is 2. The van der Waals surface area contributed by atoms with Crippen LogP contribution >= 0.6 is 0 Å². The molecular weight excluding hydrogens is 281 g/mol. The van der Waals surface area contributed by atoms with Crippen LogP contribution in [0, 0.1) is 5.82 Å². The molecule has 1 heterocycles. The van der Waals surface area contributed by atoms with Crippen LogP contribution in [0.2, 0.25) is 0 Å². The third-order valence-corrected chi connectivity index (χ3v) is 3.06. The molecule has 3 N–H and O–H groups in total. The second-order valence-electron chi connectivity index (χ2n) is 4.54. The number of rotatable bonds is 3. The highest BCUT2D eigenvalue weighted by atomic mass is 19.1. The van der Waals surface area contributed by atoms with E-state index in [1.165, 1.54) is 24.3 Å². The molecule has 1 aliphatic rings. The lowest BCUT2D eigenvalue weighted by Gasteiger charge is -2.34. The zero-order valence-corrected chi connectivity index (χ0v) is 11.0. The van der Waals surface area contributed by atoms with Crippen LogP contribution in [-0.4, -0.2) is 47.0 Å². The molecular formula is C13H14FN3O4. The van der Waals surface area contributed by atoms with Gasteiger partial charge < -0.3 is 20.6 Å². The van der Waals surface area contributed by atoms with Gasteiger partial charge in [-0.2, -0.15) is 0 Å². The lowest BCUT2D eigenvalue weighted by molar-refractivity contribution is -0.142. The Hall–Kier alpha value is -2.64. The fourth-order valence-electron chi connectivity index (χ4n) is 2.05. The number of nitrogens with zero attached hydrogens (tertiary/aromatic N) is 1. The number of benzene rings is 1. The zero-order chi connectivity index (χ0) is 15.4. The molecule has 3 amide bonds. The molecule has 21 heavy (non-hydrogen) atoms. The van der Waals surface area contributed by atoms with E-state index in [1.54, 1.807) is 0 Å². The number of amides is 3. The fraction of sp³-hybridized carbons (Fsp3) is 0.308. The van der Waals surface area contributed by atoms with Gasteiger partial charge in [0.2, 0.25) is 5.91 Å². The number of aliphatic carboxylic acids is 1. The minimum absolute atomic E-state index is 0.205. The van der Waals surface area contributed by atoms with E-state index in [1.807, 2.05) is 0 Å². The number of urea groups is 1. The Labute approximate surface area is 119 Å². The van der Waals surface area contributed by atoms with Crippen molar-refractivity contribution in [2.45, 2.75) is 12.5 Å². The lowest BCUT2D eigenvalue weighted by atomic mass is 10.1. The van der Waals surface area contributed by atoms with Gasteiger partial charge in [-0.1, -0.05) is 0 Å². The Kier molecular flexibility index (Phi) is 4.36. The van der Waals surface area contributed by atoms with Crippen molar-refractivity contribution in [3.63, 3.8) is 0 Å². The average molecular weight is 295 g/mol. The summed E-state index contributed by atoms with van der Waals surface area (Å²) in [7, 11) is 0. The second-order valence-corrected chi connectivity index (χ2v) is 4.54. The summed E-state index contributed by atoms with van der Waals surface area (Å²) in [6.45, 7) is 0.461. The van der Waals surface area contributed by atoms with E-state index < -0.39 is 36.2 Å². The first-order valence-corrected chi connectivity index (χ1v) is 6.30. The van der Waals surface area contributed by atoms with Gasteiger partial charge in [0.25, 0.3) is 0 Å². The summed E-state index contributed by atoms with van der Waals surface area (Å²) in [6.07, 6.45) is -0.470. The lowest BCUT2D eigenvalue weighted by Crippen LogP contribution is -2.58. The molecule has 7 nitrogen and oxygen atoms in total. The maximum absolute atomic E-state index is 12.8. The summed E-state index contributed by atoms with van der Waals surface area (Å²) < 4.78 is 12.8. The van der Waals surface area contributed by atoms with Crippen molar-refractivity contribution in [3.05, 3.63) is 30.1 Å². The minimum atomic E-state index is -1.17. The highest BCUT2D eigenvalue weighted by molar-refractivity contribution is 5.96. The molecule has 2 rings (SSSR count). The number of carboxylic acids is 1. The molecule has 1 aromatic carbocycles. The number of hydrogen-bond acceptors (Lipinski definition) is 3. The predicted molar refractivity (Wildman–Crippen MR) is 71.2 cm³/mol. The molecule has 1 atom stereocenters. The first-order chi connectivity index (χ1) is 9.97. The number of halogens is 1. The van der Waals surface area contributed by atoms with Crippen LogP contribution in [0.3, 0.4) is 0 Å². The summed E-state index contributed by atoms with van der Waals surface area (Å²) >= 11 is 0.